The lowest BCUT2D eigenvalue weighted by molar-refractivity contribution is -0.131. The predicted molar refractivity (Wildman–Crippen MR) is 50.0 cm³/mol. The van der Waals surface area contributed by atoms with Crippen LogP contribution in [0.2, 0.25) is 0 Å². The zero-order valence-electron chi connectivity index (χ0n) is 6.87. The lowest BCUT2D eigenvalue weighted by Gasteiger charge is -1.97. The molecule has 1 aliphatic heterocycles. The molecule has 1 heterocycles. The second-order valence-electron chi connectivity index (χ2n) is 2.31. The molecule has 0 aliphatic carbocycles. The lowest BCUT2D eigenvalue weighted by Crippen LogP contribution is -2.16. The van der Waals surface area contributed by atoms with E-state index in [9.17, 15) is 14.1 Å². The van der Waals surface area contributed by atoms with Crippen LogP contribution in [0.3, 0.4) is 0 Å². The van der Waals surface area contributed by atoms with E-state index in [0.29, 0.717) is 12.8 Å². The van der Waals surface area contributed by atoms with Gasteiger partial charge in [-0.2, -0.15) is 0 Å². The monoisotopic (exact) mass is 255 g/mol. The van der Waals surface area contributed by atoms with Gasteiger partial charge >= 0.3 is 0 Å². The minimum Gasteiger partial charge on any atom is -0.617 e. The Labute approximate surface area is 82.8 Å². The van der Waals surface area contributed by atoms with E-state index in [1.54, 1.807) is 12.5 Å². The van der Waals surface area contributed by atoms with Gasteiger partial charge in [-0.05, 0) is 0 Å². The highest BCUT2D eigenvalue weighted by Crippen LogP contribution is 2.14. The van der Waals surface area contributed by atoms with Gasteiger partial charge in [-0.3, -0.25) is 9.59 Å². The fraction of sp³-hybridized carbons (Fsp3) is 0.667. The quantitative estimate of drug-likeness (QED) is 0.359. The number of hydrogen-bond donors (Lipinski definition) is 0. The molecule has 0 atom stereocenters. The molecule has 0 aromatic rings. The summed E-state index contributed by atoms with van der Waals surface area (Å²) in [6.45, 7) is 0. The number of carbonyl (C=O) groups is 2. The molecule has 0 bridgehead atoms. The van der Waals surface area contributed by atoms with Crippen LogP contribution in [0, 0.1) is 0 Å². The molecular weight excluding hydrogens is 246 g/mol. The van der Waals surface area contributed by atoms with E-state index in [1.807, 2.05) is 0 Å². The zero-order chi connectivity index (χ0) is 9.72. The van der Waals surface area contributed by atoms with Gasteiger partial charge in [0.1, 0.15) is 0 Å². The van der Waals surface area contributed by atoms with Crippen molar-refractivity contribution in [2.45, 2.75) is 12.8 Å². The number of halogens is 1. The van der Waals surface area contributed by atoms with Crippen LogP contribution in [-0.4, -0.2) is 32.8 Å². The molecule has 1 saturated heterocycles. The molecule has 2 amide bonds. The van der Waals surface area contributed by atoms with Gasteiger partial charge in [0, 0.05) is 12.8 Å². The number of imide groups is 1. The molecule has 4 nitrogen and oxygen atoms in total. The first-order chi connectivity index (χ1) is 5.45. The van der Waals surface area contributed by atoms with Crippen LogP contribution < -0.4 is 0 Å². The first kappa shape index (κ1) is 11.9. The smallest absolute Gasteiger partial charge is 0.239 e. The fourth-order valence-electron chi connectivity index (χ4n) is 0.549. The van der Waals surface area contributed by atoms with Crippen molar-refractivity contribution in [1.82, 2.24) is 3.93 Å². The van der Waals surface area contributed by atoms with Gasteiger partial charge in [-0.1, -0.05) is 11.2 Å². The van der Waals surface area contributed by atoms with Crippen molar-refractivity contribution in [3.05, 3.63) is 0 Å². The van der Waals surface area contributed by atoms with Crippen molar-refractivity contribution in [2.24, 2.45) is 0 Å². The molecule has 0 aromatic heterocycles. The zero-order valence-corrected chi connectivity index (χ0v) is 9.27. The summed E-state index contributed by atoms with van der Waals surface area (Å²) in [5.41, 5.74) is 0. The molecule has 0 N–H and O–H groups in total. The van der Waals surface area contributed by atoms with E-state index >= 15 is 0 Å². The first-order valence-electron chi connectivity index (χ1n) is 3.21. The Hall–Kier alpha value is -0.0700. The van der Waals surface area contributed by atoms with Crippen molar-refractivity contribution in [3.8, 4) is 0 Å². The van der Waals surface area contributed by atoms with Crippen molar-refractivity contribution >= 4 is 39.1 Å². The third kappa shape index (κ3) is 4.74. The molecular formula is C6H10BrNO3S. The highest BCUT2D eigenvalue weighted by atomic mass is 79.9. The van der Waals surface area contributed by atoms with Crippen LogP contribution in [0.15, 0.2) is 0 Å². The summed E-state index contributed by atoms with van der Waals surface area (Å²) in [4.78, 5) is 20.9. The third-order valence-corrected chi connectivity index (χ3v) is 1.78. The molecule has 70 valence electrons. The largest absolute Gasteiger partial charge is 0.617 e. The SMILES string of the molecule is C[S+](C)[O-].O=C1CCC(=O)N1Br. The first-order valence-corrected chi connectivity index (χ1v) is 5.89. The normalized spacial score (nSPS) is 16.6. The van der Waals surface area contributed by atoms with Gasteiger partial charge in [0.25, 0.3) is 0 Å². The maximum absolute atomic E-state index is 10.4. The molecule has 12 heavy (non-hydrogen) atoms. The molecule has 0 aromatic carbocycles. The van der Waals surface area contributed by atoms with Crippen LogP contribution >= 0.6 is 16.1 Å². The average Bonchev–Trinajstić information content (AvgIpc) is 2.19. The van der Waals surface area contributed by atoms with Gasteiger partial charge < -0.3 is 4.55 Å². The molecule has 0 spiro atoms. The molecule has 0 saturated carbocycles. The Bertz CT molecular complexity index is 167. The molecule has 1 fully saturated rings. The Morgan fingerprint density at radius 2 is 1.58 bits per heavy atom. The fourth-order valence-corrected chi connectivity index (χ4v) is 0.904. The Kier molecular flexibility index (Phi) is 5.52. The number of carbonyl (C=O) groups excluding carboxylic acids is 2. The summed E-state index contributed by atoms with van der Waals surface area (Å²) in [5, 5.41) is 0. The van der Waals surface area contributed by atoms with Gasteiger partial charge in [0.05, 0.1) is 28.7 Å². The van der Waals surface area contributed by atoms with Crippen LogP contribution in [0.1, 0.15) is 12.8 Å². The number of hydrogen-bond acceptors (Lipinski definition) is 3. The molecule has 6 heteroatoms. The maximum Gasteiger partial charge on any atom is 0.239 e. The Morgan fingerprint density at radius 3 is 1.67 bits per heavy atom. The highest BCUT2D eigenvalue weighted by Gasteiger charge is 2.26. The van der Waals surface area contributed by atoms with E-state index in [2.05, 4.69) is 16.1 Å². The highest BCUT2D eigenvalue weighted by molar-refractivity contribution is 9.08. The third-order valence-electron chi connectivity index (χ3n) is 0.991. The summed E-state index contributed by atoms with van der Waals surface area (Å²) < 4.78 is 10.5. The summed E-state index contributed by atoms with van der Waals surface area (Å²) in [6, 6.07) is 0. The minimum absolute atomic E-state index is 0.144. The summed E-state index contributed by atoms with van der Waals surface area (Å²) >= 11 is 2.19. The van der Waals surface area contributed by atoms with Gasteiger partial charge in [-0.25, -0.2) is 3.93 Å². The van der Waals surface area contributed by atoms with Crippen molar-refractivity contribution in [2.75, 3.05) is 12.5 Å². The van der Waals surface area contributed by atoms with Gasteiger partial charge in [-0.15, -0.1) is 0 Å². The van der Waals surface area contributed by atoms with E-state index < -0.39 is 11.2 Å². The van der Waals surface area contributed by atoms with Crippen LogP contribution in [-0.2, 0) is 20.8 Å². The molecule has 1 aliphatic rings. The Morgan fingerprint density at radius 1 is 1.33 bits per heavy atom. The molecule has 0 unspecified atom stereocenters. The van der Waals surface area contributed by atoms with Crippen molar-refractivity contribution in [3.63, 3.8) is 0 Å². The summed E-state index contributed by atoms with van der Waals surface area (Å²) in [7, 11) is 0. The lowest BCUT2D eigenvalue weighted by atomic mass is 10.4. The Balaban J connectivity index is 0.000000261. The van der Waals surface area contributed by atoms with Gasteiger partial charge in [0.2, 0.25) is 11.8 Å². The maximum atomic E-state index is 10.4. The van der Waals surface area contributed by atoms with Crippen LogP contribution in [0.5, 0.6) is 0 Å². The van der Waals surface area contributed by atoms with E-state index in [0.717, 1.165) is 3.93 Å². The molecule has 1 rings (SSSR count). The topological polar surface area (TPSA) is 60.4 Å². The van der Waals surface area contributed by atoms with Gasteiger partial charge in [0.15, 0.2) is 0 Å². The number of amides is 2. The van der Waals surface area contributed by atoms with Crippen LogP contribution in [0.4, 0.5) is 0 Å². The standard InChI is InChI=1S/C4H4BrNO2.C2H6OS/c5-6-3(7)1-2-4(6)8;1-4(2)3/h1-2H2;1-2H3. The van der Waals surface area contributed by atoms with Crippen molar-refractivity contribution in [1.29, 1.82) is 0 Å². The average molecular weight is 256 g/mol. The second kappa shape index (κ2) is 5.55. The van der Waals surface area contributed by atoms with E-state index in [4.69, 9.17) is 0 Å². The van der Waals surface area contributed by atoms with E-state index in [-0.39, 0.29) is 11.8 Å². The number of nitrogens with zero attached hydrogens (tertiary/aromatic N) is 1. The van der Waals surface area contributed by atoms with Crippen LogP contribution in [0.25, 0.3) is 0 Å². The van der Waals surface area contributed by atoms with Crippen molar-refractivity contribution < 1.29 is 14.1 Å². The minimum atomic E-state index is -0.611. The second-order valence-corrected chi connectivity index (χ2v) is 4.50. The number of rotatable bonds is 0. The summed E-state index contributed by atoms with van der Waals surface area (Å²) in [6.07, 6.45) is 3.98. The predicted octanol–water partition coefficient (Wildman–Crippen LogP) is 0.440. The molecule has 0 radical (unpaired) electrons. The summed E-state index contributed by atoms with van der Waals surface area (Å²) in [5.74, 6) is -0.287. The van der Waals surface area contributed by atoms with E-state index in [1.165, 1.54) is 0 Å².